The van der Waals surface area contributed by atoms with Crippen LogP contribution in [0.25, 0.3) is 11.6 Å². The molecule has 0 bridgehead atoms. The predicted molar refractivity (Wildman–Crippen MR) is 77.9 cm³/mol. The van der Waals surface area contributed by atoms with Crippen LogP contribution in [0.5, 0.6) is 5.75 Å². The van der Waals surface area contributed by atoms with Gasteiger partial charge in [0.2, 0.25) is 0 Å². The summed E-state index contributed by atoms with van der Waals surface area (Å²) < 4.78 is 18.4. The molecule has 0 aliphatic carbocycles. The van der Waals surface area contributed by atoms with Crippen molar-refractivity contribution in [1.82, 2.24) is 0 Å². The number of benzene rings is 2. The molecule has 0 aliphatic heterocycles. The topological polar surface area (TPSA) is 33.0 Å². The number of hydrogen-bond donors (Lipinski definition) is 0. The maximum atomic E-state index is 13.2. The van der Waals surface area contributed by atoms with Crippen LogP contribution >= 0.6 is 11.6 Å². The summed E-state index contributed by atoms with van der Waals surface area (Å²) in [6.45, 7) is 0. The second-order valence-corrected chi connectivity index (χ2v) is 4.50. The Labute approximate surface area is 121 Å². The van der Waals surface area contributed by atoms with Gasteiger partial charge in [0.1, 0.15) is 11.6 Å². The molecule has 0 unspecified atom stereocenters. The highest BCUT2D eigenvalue weighted by atomic mass is 35.5. The average molecular weight is 288 g/mol. The molecule has 0 heterocycles. The Morgan fingerprint density at radius 3 is 2.75 bits per heavy atom. The van der Waals surface area contributed by atoms with Gasteiger partial charge in [0.05, 0.1) is 18.8 Å². The average Bonchev–Trinajstić information content (AvgIpc) is 2.45. The second-order valence-electron chi connectivity index (χ2n) is 4.07. The predicted octanol–water partition coefficient (Wildman–Crippen LogP) is 4.55. The standard InChI is InChI=1S/C16H11ClFNO/c1-20-16-6-5-14(17)8-12(16)7-13(10-19)11-3-2-4-15(18)9-11/h2-9H,1H3/b13-7-. The zero-order valence-corrected chi connectivity index (χ0v) is 11.5. The first-order valence-corrected chi connectivity index (χ1v) is 6.23. The molecule has 0 aromatic heterocycles. The van der Waals surface area contributed by atoms with E-state index in [0.717, 1.165) is 0 Å². The third-order valence-corrected chi connectivity index (χ3v) is 2.98. The zero-order valence-electron chi connectivity index (χ0n) is 10.7. The Morgan fingerprint density at radius 1 is 1.30 bits per heavy atom. The van der Waals surface area contributed by atoms with E-state index in [2.05, 4.69) is 6.07 Å². The van der Waals surface area contributed by atoms with Gasteiger partial charge in [-0.25, -0.2) is 4.39 Å². The van der Waals surface area contributed by atoms with E-state index in [1.807, 2.05) is 0 Å². The van der Waals surface area contributed by atoms with Gasteiger partial charge >= 0.3 is 0 Å². The van der Waals surface area contributed by atoms with Crippen LogP contribution < -0.4 is 4.74 Å². The van der Waals surface area contributed by atoms with Crippen molar-refractivity contribution in [3.05, 3.63) is 64.4 Å². The summed E-state index contributed by atoms with van der Waals surface area (Å²) in [5, 5.41) is 9.79. The zero-order chi connectivity index (χ0) is 14.5. The molecule has 2 aromatic carbocycles. The number of rotatable bonds is 3. The monoisotopic (exact) mass is 287 g/mol. The minimum absolute atomic E-state index is 0.338. The van der Waals surface area contributed by atoms with Gasteiger partial charge < -0.3 is 4.74 Å². The smallest absolute Gasteiger partial charge is 0.126 e. The van der Waals surface area contributed by atoms with Crippen LogP contribution in [0.2, 0.25) is 5.02 Å². The van der Waals surface area contributed by atoms with E-state index in [0.29, 0.717) is 27.5 Å². The van der Waals surface area contributed by atoms with Crippen molar-refractivity contribution >= 4 is 23.3 Å². The van der Waals surface area contributed by atoms with E-state index < -0.39 is 0 Å². The molecule has 0 atom stereocenters. The van der Waals surface area contributed by atoms with E-state index >= 15 is 0 Å². The minimum Gasteiger partial charge on any atom is -0.496 e. The van der Waals surface area contributed by atoms with Crippen molar-refractivity contribution in [3.63, 3.8) is 0 Å². The van der Waals surface area contributed by atoms with Crippen molar-refractivity contribution in [2.24, 2.45) is 0 Å². The Morgan fingerprint density at radius 2 is 2.10 bits per heavy atom. The molecular weight excluding hydrogens is 277 g/mol. The molecule has 2 aromatic rings. The number of methoxy groups -OCH3 is 1. The first-order chi connectivity index (χ1) is 9.63. The first kappa shape index (κ1) is 14.1. The molecule has 0 amide bonds. The fraction of sp³-hybridized carbons (Fsp3) is 0.0625. The second kappa shape index (κ2) is 6.23. The van der Waals surface area contributed by atoms with Crippen LogP contribution in [0.4, 0.5) is 4.39 Å². The highest BCUT2D eigenvalue weighted by Gasteiger charge is 2.06. The van der Waals surface area contributed by atoms with Crippen LogP contribution in [-0.4, -0.2) is 7.11 Å². The van der Waals surface area contributed by atoms with E-state index in [9.17, 15) is 9.65 Å². The van der Waals surface area contributed by atoms with Crippen molar-refractivity contribution in [3.8, 4) is 11.8 Å². The first-order valence-electron chi connectivity index (χ1n) is 5.85. The minimum atomic E-state index is -0.387. The Hall–Kier alpha value is -2.31. The van der Waals surface area contributed by atoms with Gasteiger partial charge in [-0.1, -0.05) is 23.7 Å². The summed E-state index contributed by atoms with van der Waals surface area (Å²) in [5.74, 6) is 0.209. The van der Waals surface area contributed by atoms with Crippen molar-refractivity contribution in [2.45, 2.75) is 0 Å². The van der Waals surface area contributed by atoms with Crippen LogP contribution in [-0.2, 0) is 0 Å². The number of nitriles is 1. The molecular formula is C16H11ClFNO. The molecule has 20 heavy (non-hydrogen) atoms. The lowest BCUT2D eigenvalue weighted by Gasteiger charge is -2.06. The Balaban J connectivity index is 2.52. The van der Waals surface area contributed by atoms with Crippen LogP contribution in [0.1, 0.15) is 11.1 Å². The van der Waals surface area contributed by atoms with Gasteiger partial charge in [-0.2, -0.15) is 5.26 Å². The fourth-order valence-corrected chi connectivity index (χ4v) is 1.99. The largest absolute Gasteiger partial charge is 0.496 e. The summed E-state index contributed by atoms with van der Waals surface area (Å²) in [7, 11) is 1.54. The summed E-state index contributed by atoms with van der Waals surface area (Å²) >= 11 is 5.94. The quantitative estimate of drug-likeness (QED) is 0.613. The van der Waals surface area contributed by atoms with E-state index in [1.165, 1.54) is 19.2 Å². The summed E-state index contributed by atoms with van der Waals surface area (Å²) in [6, 6.07) is 13.0. The molecule has 0 aliphatic rings. The van der Waals surface area contributed by atoms with Crippen LogP contribution in [0.3, 0.4) is 0 Å². The summed E-state index contributed by atoms with van der Waals surface area (Å²) in [5.41, 5.74) is 1.51. The molecule has 0 saturated heterocycles. The van der Waals surface area contributed by atoms with Gasteiger partial charge in [-0.3, -0.25) is 0 Å². The summed E-state index contributed by atoms with van der Waals surface area (Å²) in [4.78, 5) is 0. The lowest BCUT2D eigenvalue weighted by atomic mass is 10.0. The highest BCUT2D eigenvalue weighted by molar-refractivity contribution is 6.30. The normalized spacial score (nSPS) is 11.0. The molecule has 0 fully saturated rings. The van der Waals surface area contributed by atoms with Crippen LogP contribution in [0, 0.1) is 17.1 Å². The van der Waals surface area contributed by atoms with E-state index in [4.69, 9.17) is 16.3 Å². The summed E-state index contributed by atoms with van der Waals surface area (Å²) in [6.07, 6.45) is 1.62. The van der Waals surface area contributed by atoms with E-state index in [-0.39, 0.29) is 5.82 Å². The molecule has 100 valence electrons. The third-order valence-electron chi connectivity index (χ3n) is 2.75. The fourth-order valence-electron chi connectivity index (χ4n) is 1.81. The number of halogens is 2. The van der Waals surface area contributed by atoms with Gasteiger partial charge in [0.25, 0.3) is 0 Å². The van der Waals surface area contributed by atoms with Gasteiger partial charge in [-0.05, 0) is 42.0 Å². The number of hydrogen-bond acceptors (Lipinski definition) is 2. The van der Waals surface area contributed by atoms with Gasteiger partial charge in [-0.15, -0.1) is 0 Å². The molecule has 2 nitrogen and oxygen atoms in total. The molecule has 0 saturated carbocycles. The number of allylic oxidation sites excluding steroid dienone is 1. The van der Waals surface area contributed by atoms with E-state index in [1.54, 1.807) is 36.4 Å². The molecule has 2 rings (SSSR count). The number of nitrogens with zero attached hydrogens (tertiary/aromatic N) is 1. The Kier molecular flexibility index (Phi) is 4.39. The number of ether oxygens (including phenoxy) is 1. The highest BCUT2D eigenvalue weighted by Crippen LogP contribution is 2.27. The lowest BCUT2D eigenvalue weighted by Crippen LogP contribution is -1.89. The molecule has 0 N–H and O–H groups in total. The molecule has 0 radical (unpaired) electrons. The molecule has 4 heteroatoms. The Bertz CT molecular complexity index is 704. The van der Waals surface area contributed by atoms with Crippen molar-refractivity contribution < 1.29 is 9.13 Å². The van der Waals surface area contributed by atoms with Gasteiger partial charge in [0, 0.05) is 10.6 Å². The maximum Gasteiger partial charge on any atom is 0.126 e. The van der Waals surface area contributed by atoms with Crippen LogP contribution in [0.15, 0.2) is 42.5 Å². The third kappa shape index (κ3) is 3.17. The van der Waals surface area contributed by atoms with Gasteiger partial charge in [0.15, 0.2) is 0 Å². The maximum absolute atomic E-state index is 13.2. The SMILES string of the molecule is COc1ccc(Cl)cc1/C=C(/C#N)c1cccc(F)c1. The van der Waals surface area contributed by atoms with Crippen molar-refractivity contribution in [2.75, 3.05) is 7.11 Å². The lowest BCUT2D eigenvalue weighted by molar-refractivity contribution is 0.414. The van der Waals surface area contributed by atoms with Crippen molar-refractivity contribution in [1.29, 1.82) is 5.26 Å². The molecule has 0 spiro atoms.